The van der Waals surface area contributed by atoms with Crippen LogP contribution in [0.15, 0.2) is 106 Å². The second-order valence-electron chi connectivity index (χ2n) is 11.1. The molecule has 0 saturated heterocycles. The van der Waals surface area contributed by atoms with E-state index in [2.05, 4.69) is 61.2 Å². The van der Waals surface area contributed by atoms with E-state index in [-0.39, 0.29) is 16.7 Å². The number of rotatable bonds is 6. The molecule has 0 aromatic heterocycles. The molecular weight excluding hydrogens is 451 g/mol. The molecule has 3 aromatic rings. The minimum atomic E-state index is -0.417. The molecule has 35 heavy (non-hydrogen) atoms. The van der Waals surface area contributed by atoms with Gasteiger partial charge in [-0.25, -0.2) is 4.39 Å². The normalized spacial score (nSPS) is 34.3. The number of ether oxygens (including phenoxy) is 1. The van der Waals surface area contributed by atoms with Crippen LogP contribution in [0.3, 0.4) is 0 Å². The molecule has 0 N–H and O–H groups in total. The van der Waals surface area contributed by atoms with Crippen molar-refractivity contribution in [3.63, 3.8) is 0 Å². The molecule has 0 aliphatic heterocycles. The lowest BCUT2D eigenvalue weighted by Crippen LogP contribution is -2.47. The van der Waals surface area contributed by atoms with Gasteiger partial charge in [-0.05, 0) is 104 Å². The molecule has 7 rings (SSSR count). The summed E-state index contributed by atoms with van der Waals surface area (Å²) in [7, 11) is -0.371. The fraction of sp³-hybridized carbons (Fsp3) is 0.375. The third kappa shape index (κ3) is 3.34. The van der Waals surface area contributed by atoms with Crippen LogP contribution in [-0.2, 0) is 10.9 Å². The van der Waals surface area contributed by atoms with Crippen LogP contribution in [0.2, 0.25) is 0 Å². The molecule has 4 saturated carbocycles. The molecule has 3 heteroatoms. The second-order valence-corrected chi connectivity index (χ2v) is 13.1. The Kier molecular flexibility index (Phi) is 5.13. The number of fused-ring (bicyclic) bond motifs is 9. The van der Waals surface area contributed by atoms with Gasteiger partial charge in [-0.1, -0.05) is 43.0 Å². The fourth-order valence-corrected chi connectivity index (χ4v) is 10.5. The SMILES string of the molecule is C=CC1(Oc2ccc([S+](c3ccccc3)c3ccccc3)cc2F)CC2CC1C1C3CCC(C3)C21. The number of halogens is 1. The first-order valence-corrected chi connectivity index (χ1v) is 14.4. The van der Waals surface area contributed by atoms with Crippen LogP contribution in [0.4, 0.5) is 4.39 Å². The summed E-state index contributed by atoms with van der Waals surface area (Å²) in [6.07, 6.45) is 8.49. The van der Waals surface area contributed by atoms with E-state index in [0.717, 1.165) is 40.9 Å². The average Bonchev–Trinajstić information content (AvgIpc) is 3.67. The predicted molar refractivity (Wildman–Crippen MR) is 139 cm³/mol. The Hall–Kier alpha value is -2.52. The van der Waals surface area contributed by atoms with E-state index in [4.69, 9.17) is 4.74 Å². The molecule has 178 valence electrons. The maximum absolute atomic E-state index is 15.7. The van der Waals surface area contributed by atoms with E-state index >= 15 is 4.39 Å². The molecule has 3 aromatic carbocycles. The highest BCUT2D eigenvalue weighted by atomic mass is 32.2. The van der Waals surface area contributed by atoms with Crippen LogP contribution in [0.25, 0.3) is 0 Å². The predicted octanol–water partition coefficient (Wildman–Crippen LogP) is 7.93. The number of hydrogen-bond donors (Lipinski definition) is 0. The van der Waals surface area contributed by atoms with Crippen molar-refractivity contribution in [2.45, 2.75) is 52.4 Å². The van der Waals surface area contributed by atoms with Gasteiger partial charge < -0.3 is 4.74 Å². The summed E-state index contributed by atoms with van der Waals surface area (Å²) in [5, 5.41) is 0. The van der Waals surface area contributed by atoms with Gasteiger partial charge in [-0.2, -0.15) is 0 Å². The van der Waals surface area contributed by atoms with Gasteiger partial charge in [0.05, 0.1) is 10.9 Å². The van der Waals surface area contributed by atoms with Crippen molar-refractivity contribution in [2.24, 2.45) is 35.5 Å². The molecule has 7 unspecified atom stereocenters. The minimum absolute atomic E-state index is 0.264. The van der Waals surface area contributed by atoms with Crippen molar-refractivity contribution in [3.8, 4) is 5.75 Å². The van der Waals surface area contributed by atoms with Crippen molar-refractivity contribution in [2.75, 3.05) is 0 Å². The van der Waals surface area contributed by atoms with E-state index in [1.54, 1.807) is 6.07 Å². The lowest BCUT2D eigenvalue weighted by molar-refractivity contribution is -0.0112. The highest BCUT2D eigenvalue weighted by Gasteiger charge is 2.67. The zero-order chi connectivity index (χ0) is 23.6. The van der Waals surface area contributed by atoms with E-state index in [9.17, 15) is 0 Å². The summed E-state index contributed by atoms with van der Waals surface area (Å²) < 4.78 is 22.4. The van der Waals surface area contributed by atoms with Gasteiger partial charge in [0.1, 0.15) is 5.60 Å². The van der Waals surface area contributed by atoms with E-state index in [1.807, 2.05) is 24.3 Å². The summed E-state index contributed by atoms with van der Waals surface area (Å²) in [6.45, 7) is 4.21. The highest BCUT2D eigenvalue weighted by Crippen LogP contribution is 2.70. The van der Waals surface area contributed by atoms with E-state index in [0.29, 0.717) is 11.7 Å². The minimum Gasteiger partial charge on any atom is -0.480 e. The van der Waals surface area contributed by atoms with Crippen molar-refractivity contribution in [1.82, 2.24) is 0 Å². The Balaban J connectivity index is 1.20. The van der Waals surface area contributed by atoms with Gasteiger partial charge in [0.25, 0.3) is 0 Å². The molecule has 4 fully saturated rings. The van der Waals surface area contributed by atoms with Crippen LogP contribution in [-0.4, -0.2) is 5.60 Å². The molecule has 4 aliphatic rings. The quantitative estimate of drug-likeness (QED) is 0.196. The Bertz CT molecular complexity index is 1200. The largest absolute Gasteiger partial charge is 0.480 e. The summed E-state index contributed by atoms with van der Waals surface area (Å²) in [4.78, 5) is 3.34. The van der Waals surface area contributed by atoms with Gasteiger partial charge in [-0.15, -0.1) is 0 Å². The maximum Gasteiger partial charge on any atom is 0.170 e. The molecule has 1 nitrogen and oxygen atoms in total. The van der Waals surface area contributed by atoms with E-state index < -0.39 is 5.60 Å². The molecule has 0 radical (unpaired) electrons. The van der Waals surface area contributed by atoms with Gasteiger partial charge in [0, 0.05) is 12.0 Å². The molecule has 0 heterocycles. The summed E-state index contributed by atoms with van der Waals surface area (Å²) in [5.41, 5.74) is -0.417. The molecule has 4 aliphatic carbocycles. The Labute approximate surface area is 210 Å². The lowest BCUT2D eigenvalue weighted by atomic mass is 9.65. The summed E-state index contributed by atoms with van der Waals surface area (Å²) >= 11 is 0. The molecule has 7 atom stereocenters. The van der Waals surface area contributed by atoms with Gasteiger partial charge in [0.2, 0.25) is 0 Å². The van der Waals surface area contributed by atoms with Crippen LogP contribution in [0.1, 0.15) is 32.1 Å². The van der Waals surface area contributed by atoms with Crippen molar-refractivity contribution < 1.29 is 9.13 Å². The van der Waals surface area contributed by atoms with Crippen LogP contribution in [0, 0.1) is 41.3 Å². The van der Waals surface area contributed by atoms with Crippen molar-refractivity contribution >= 4 is 10.9 Å². The van der Waals surface area contributed by atoms with Crippen molar-refractivity contribution in [1.29, 1.82) is 0 Å². The average molecular weight is 484 g/mol. The second kappa shape index (κ2) is 8.27. The zero-order valence-corrected chi connectivity index (χ0v) is 20.8. The first-order chi connectivity index (χ1) is 17.2. The monoisotopic (exact) mass is 483 g/mol. The Morgan fingerprint density at radius 2 is 1.46 bits per heavy atom. The van der Waals surface area contributed by atoms with Crippen molar-refractivity contribution in [3.05, 3.63) is 97.3 Å². The van der Waals surface area contributed by atoms with Crippen LogP contribution < -0.4 is 4.74 Å². The van der Waals surface area contributed by atoms with Gasteiger partial charge >= 0.3 is 0 Å². The Morgan fingerprint density at radius 1 is 0.800 bits per heavy atom. The zero-order valence-electron chi connectivity index (χ0n) is 20.0. The fourth-order valence-electron chi connectivity index (χ4n) is 8.43. The lowest BCUT2D eigenvalue weighted by Gasteiger charge is -2.45. The standard InChI is InChI=1S/C32H32FOS/c1-2-32(20-23-18-27(32)31-22-14-13-21(17-22)30(23)31)34-29-16-15-26(19-28(29)33)35(24-9-5-3-6-10-24)25-11-7-4-8-12-25/h2-12,15-16,19,21-23,27,30-31H,1,13-14,17-18,20H2/q+1. The third-order valence-electron chi connectivity index (χ3n) is 9.56. The molecule has 4 bridgehead atoms. The molecule has 0 amide bonds. The Morgan fingerprint density at radius 3 is 2.09 bits per heavy atom. The highest BCUT2D eigenvalue weighted by molar-refractivity contribution is 7.97. The number of hydrogen-bond acceptors (Lipinski definition) is 1. The van der Waals surface area contributed by atoms with Crippen LogP contribution >= 0.6 is 0 Å². The maximum atomic E-state index is 15.7. The summed E-state index contributed by atoms with van der Waals surface area (Å²) in [5.74, 6) is 4.78. The summed E-state index contributed by atoms with van der Waals surface area (Å²) in [6, 6.07) is 26.4. The third-order valence-corrected chi connectivity index (χ3v) is 11.8. The van der Waals surface area contributed by atoms with Gasteiger partial charge in [-0.3, -0.25) is 0 Å². The number of benzene rings is 3. The first kappa shape index (κ1) is 21.7. The topological polar surface area (TPSA) is 9.23 Å². The smallest absolute Gasteiger partial charge is 0.170 e. The molecular formula is C32H32FOS+. The van der Waals surface area contributed by atoms with Crippen LogP contribution in [0.5, 0.6) is 5.75 Å². The van der Waals surface area contributed by atoms with Gasteiger partial charge in [0.15, 0.2) is 26.3 Å². The first-order valence-electron chi connectivity index (χ1n) is 13.1. The van der Waals surface area contributed by atoms with E-state index in [1.165, 1.54) is 35.5 Å². The molecule has 0 spiro atoms.